The topological polar surface area (TPSA) is 32.3 Å². The Kier molecular flexibility index (Phi) is 4.73. The lowest BCUT2D eigenvalue weighted by molar-refractivity contribution is -0.182. The van der Waals surface area contributed by atoms with Gasteiger partial charge in [-0.15, -0.1) is 0 Å². The van der Waals surface area contributed by atoms with Gasteiger partial charge >= 0.3 is 12.3 Å². The molecule has 17 heavy (non-hydrogen) atoms. The van der Waals surface area contributed by atoms with Crippen LogP contribution >= 0.6 is 0 Å². The van der Waals surface area contributed by atoms with E-state index in [1.54, 1.807) is 7.05 Å². The van der Waals surface area contributed by atoms with Crippen LogP contribution < -0.4 is 5.32 Å². The van der Waals surface area contributed by atoms with Crippen LogP contribution in [0.5, 0.6) is 0 Å². The average molecular weight is 256 g/mol. The van der Waals surface area contributed by atoms with Crippen LogP contribution in [0.4, 0.5) is 17.6 Å². The number of alkyl halides is 4. The van der Waals surface area contributed by atoms with E-state index in [1.807, 2.05) is 0 Å². The standard InChI is InChI=1S/C10H16F4N2O/c1-15-5-7-3-2-4-16(6-7)9(17)10(13,14)8(11)12/h7-8,15H,2-6H2,1H3. The number of piperidine rings is 1. The van der Waals surface area contributed by atoms with Crippen molar-refractivity contribution in [1.29, 1.82) is 0 Å². The van der Waals surface area contributed by atoms with Crippen LogP contribution in [0, 0.1) is 5.92 Å². The summed E-state index contributed by atoms with van der Waals surface area (Å²) in [5, 5.41) is 2.88. The van der Waals surface area contributed by atoms with Gasteiger partial charge in [0, 0.05) is 13.1 Å². The first-order valence-electron chi connectivity index (χ1n) is 5.49. The molecular formula is C10H16F4N2O. The Hall–Kier alpha value is -0.850. The van der Waals surface area contributed by atoms with Crippen molar-refractivity contribution in [2.45, 2.75) is 25.2 Å². The van der Waals surface area contributed by atoms with E-state index in [0.29, 0.717) is 13.0 Å². The summed E-state index contributed by atoms with van der Waals surface area (Å²) in [6.07, 6.45) is -2.57. The van der Waals surface area contributed by atoms with Crippen LogP contribution in [-0.2, 0) is 4.79 Å². The molecule has 7 heteroatoms. The Morgan fingerprint density at radius 1 is 1.53 bits per heavy atom. The van der Waals surface area contributed by atoms with E-state index in [0.717, 1.165) is 11.3 Å². The Labute approximate surface area is 97.2 Å². The minimum atomic E-state index is -4.57. The quantitative estimate of drug-likeness (QED) is 0.770. The molecule has 0 aromatic rings. The fraction of sp³-hybridized carbons (Fsp3) is 0.900. The lowest BCUT2D eigenvalue weighted by Crippen LogP contribution is -2.51. The van der Waals surface area contributed by atoms with Gasteiger partial charge < -0.3 is 10.2 Å². The number of carbonyl (C=O) groups excluding carboxylic acids is 1. The highest BCUT2D eigenvalue weighted by Gasteiger charge is 2.51. The van der Waals surface area contributed by atoms with E-state index < -0.39 is 18.3 Å². The number of hydrogen-bond acceptors (Lipinski definition) is 2. The smallest absolute Gasteiger partial charge is 0.337 e. The number of nitrogens with zero attached hydrogens (tertiary/aromatic N) is 1. The zero-order chi connectivity index (χ0) is 13.1. The number of rotatable bonds is 4. The molecule has 1 heterocycles. The van der Waals surface area contributed by atoms with Crippen molar-refractivity contribution in [3.8, 4) is 0 Å². The third kappa shape index (κ3) is 3.31. The summed E-state index contributed by atoms with van der Waals surface area (Å²) in [7, 11) is 1.72. The highest BCUT2D eigenvalue weighted by molar-refractivity contribution is 5.84. The monoisotopic (exact) mass is 256 g/mol. The first kappa shape index (κ1) is 14.2. The van der Waals surface area contributed by atoms with Crippen LogP contribution in [0.25, 0.3) is 0 Å². The summed E-state index contributed by atoms with van der Waals surface area (Å²) in [4.78, 5) is 12.1. The van der Waals surface area contributed by atoms with Crippen LogP contribution in [0.3, 0.4) is 0 Å². The van der Waals surface area contributed by atoms with Crippen molar-refractivity contribution >= 4 is 5.91 Å². The molecule has 0 aromatic carbocycles. The van der Waals surface area contributed by atoms with Gasteiger partial charge in [0.1, 0.15) is 0 Å². The van der Waals surface area contributed by atoms with Gasteiger partial charge in [-0.1, -0.05) is 0 Å². The fourth-order valence-corrected chi connectivity index (χ4v) is 2.01. The van der Waals surface area contributed by atoms with Crippen molar-refractivity contribution in [3.63, 3.8) is 0 Å². The normalized spacial score (nSPS) is 22.0. The van der Waals surface area contributed by atoms with Gasteiger partial charge in [0.15, 0.2) is 0 Å². The summed E-state index contributed by atoms with van der Waals surface area (Å²) in [5.74, 6) is -6.28. The number of hydrogen-bond donors (Lipinski definition) is 1. The molecule has 1 rings (SSSR count). The van der Waals surface area contributed by atoms with Gasteiger partial charge in [-0.25, -0.2) is 8.78 Å². The van der Waals surface area contributed by atoms with Crippen molar-refractivity contribution < 1.29 is 22.4 Å². The lowest BCUT2D eigenvalue weighted by atomic mass is 9.97. The second-order valence-electron chi connectivity index (χ2n) is 4.24. The van der Waals surface area contributed by atoms with Crippen molar-refractivity contribution in [2.24, 2.45) is 5.92 Å². The third-order valence-corrected chi connectivity index (χ3v) is 2.86. The van der Waals surface area contributed by atoms with E-state index in [2.05, 4.69) is 5.32 Å². The summed E-state index contributed by atoms with van der Waals surface area (Å²) < 4.78 is 49.9. The SMILES string of the molecule is CNCC1CCCN(C(=O)C(F)(F)C(F)F)C1. The maximum atomic E-state index is 12.9. The van der Waals surface area contributed by atoms with Crippen molar-refractivity contribution in [3.05, 3.63) is 0 Å². The Morgan fingerprint density at radius 2 is 2.18 bits per heavy atom. The van der Waals surface area contributed by atoms with Crippen molar-refractivity contribution in [2.75, 3.05) is 26.7 Å². The molecule has 1 N–H and O–H groups in total. The van der Waals surface area contributed by atoms with E-state index in [4.69, 9.17) is 0 Å². The summed E-state index contributed by atoms with van der Waals surface area (Å²) in [6, 6.07) is 0. The Morgan fingerprint density at radius 3 is 2.71 bits per heavy atom. The average Bonchev–Trinajstić information content (AvgIpc) is 2.28. The van der Waals surface area contributed by atoms with Crippen LogP contribution in [0.15, 0.2) is 0 Å². The minimum Gasteiger partial charge on any atom is -0.337 e. The predicted octanol–water partition coefficient (Wildman–Crippen LogP) is 1.34. The van der Waals surface area contributed by atoms with Gasteiger partial charge in [-0.05, 0) is 32.4 Å². The molecule has 0 spiro atoms. The van der Waals surface area contributed by atoms with E-state index in [-0.39, 0.29) is 19.0 Å². The van der Waals surface area contributed by atoms with Crippen LogP contribution in [0.2, 0.25) is 0 Å². The van der Waals surface area contributed by atoms with Crippen LogP contribution in [-0.4, -0.2) is 49.8 Å². The maximum Gasteiger partial charge on any atom is 0.383 e. The molecule has 100 valence electrons. The fourth-order valence-electron chi connectivity index (χ4n) is 2.01. The third-order valence-electron chi connectivity index (χ3n) is 2.86. The van der Waals surface area contributed by atoms with Gasteiger partial charge in [0.25, 0.3) is 5.91 Å². The summed E-state index contributed by atoms with van der Waals surface area (Å²) >= 11 is 0. The minimum absolute atomic E-state index is 0.0474. The molecule has 1 unspecified atom stereocenters. The lowest BCUT2D eigenvalue weighted by Gasteiger charge is -2.34. The molecule has 0 aromatic heterocycles. The van der Waals surface area contributed by atoms with Gasteiger partial charge in [-0.3, -0.25) is 4.79 Å². The molecule has 1 atom stereocenters. The highest BCUT2D eigenvalue weighted by atomic mass is 19.3. The molecular weight excluding hydrogens is 240 g/mol. The van der Waals surface area contributed by atoms with Crippen molar-refractivity contribution in [1.82, 2.24) is 10.2 Å². The van der Waals surface area contributed by atoms with Crippen LogP contribution in [0.1, 0.15) is 12.8 Å². The predicted molar refractivity (Wildman–Crippen MR) is 54.2 cm³/mol. The molecule has 1 amide bonds. The number of amides is 1. The maximum absolute atomic E-state index is 12.9. The van der Waals surface area contributed by atoms with E-state index in [1.165, 1.54) is 0 Å². The van der Waals surface area contributed by atoms with E-state index >= 15 is 0 Å². The first-order chi connectivity index (χ1) is 7.89. The molecule has 1 saturated heterocycles. The zero-order valence-corrected chi connectivity index (χ0v) is 9.56. The molecule has 1 aliphatic rings. The molecule has 0 radical (unpaired) electrons. The zero-order valence-electron chi connectivity index (χ0n) is 9.56. The second-order valence-corrected chi connectivity index (χ2v) is 4.24. The highest BCUT2D eigenvalue weighted by Crippen LogP contribution is 2.27. The van der Waals surface area contributed by atoms with Gasteiger partial charge in [-0.2, -0.15) is 8.78 Å². The molecule has 0 bridgehead atoms. The van der Waals surface area contributed by atoms with Gasteiger partial charge in [0.05, 0.1) is 0 Å². The molecule has 0 saturated carbocycles. The number of nitrogens with one attached hydrogen (secondary N) is 1. The molecule has 1 fully saturated rings. The number of halogens is 4. The van der Waals surface area contributed by atoms with Gasteiger partial charge in [0.2, 0.25) is 0 Å². The largest absolute Gasteiger partial charge is 0.383 e. The first-order valence-corrected chi connectivity index (χ1v) is 5.49. The molecule has 1 aliphatic heterocycles. The Bertz CT molecular complexity index is 271. The summed E-state index contributed by atoms with van der Waals surface area (Å²) in [6.45, 7) is 0.827. The van der Waals surface area contributed by atoms with E-state index in [9.17, 15) is 22.4 Å². The molecule has 0 aliphatic carbocycles. The molecule has 3 nitrogen and oxygen atoms in total. The number of likely N-dealkylation sites (tertiary alicyclic amines) is 1. The number of carbonyl (C=O) groups is 1. The second kappa shape index (κ2) is 5.66. The Balaban J connectivity index is 2.63. The summed E-state index contributed by atoms with van der Waals surface area (Å²) in [5.41, 5.74) is 0.